The van der Waals surface area contributed by atoms with Crippen molar-refractivity contribution in [2.24, 2.45) is 0 Å². The van der Waals surface area contributed by atoms with Crippen LogP contribution in [0.5, 0.6) is 5.88 Å². The monoisotopic (exact) mass is 335 g/mol. The van der Waals surface area contributed by atoms with Crippen molar-refractivity contribution in [3.63, 3.8) is 0 Å². The van der Waals surface area contributed by atoms with E-state index in [-0.39, 0.29) is 5.91 Å². The summed E-state index contributed by atoms with van der Waals surface area (Å²) in [6.07, 6.45) is 2.20. The highest BCUT2D eigenvalue weighted by atomic mass is 16.5. The van der Waals surface area contributed by atoms with Crippen molar-refractivity contribution in [2.75, 3.05) is 52.5 Å². The highest BCUT2D eigenvalue weighted by Gasteiger charge is 2.40. The normalized spacial score (nSPS) is 25.0. The van der Waals surface area contributed by atoms with Crippen LogP contribution in [0.3, 0.4) is 0 Å². The molecule has 24 heavy (non-hydrogen) atoms. The molecule has 0 aromatic carbocycles. The number of likely N-dealkylation sites (tertiary alicyclic amines) is 1. The molecule has 0 aliphatic carbocycles. The lowest BCUT2D eigenvalue weighted by atomic mass is 10.0. The van der Waals surface area contributed by atoms with Crippen molar-refractivity contribution in [2.45, 2.75) is 18.9 Å². The zero-order chi connectivity index (χ0) is 17.0. The molecule has 0 radical (unpaired) electrons. The second-order valence-corrected chi connectivity index (χ2v) is 6.38. The molecule has 2 aliphatic rings. The van der Waals surface area contributed by atoms with E-state index >= 15 is 0 Å². The van der Waals surface area contributed by atoms with Gasteiger partial charge in [0.2, 0.25) is 5.88 Å². The number of morpholine rings is 1. The van der Waals surface area contributed by atoms with Crippen LogP contribution in [0.4, 0.5) is 0 Å². The van der Waals surface area contributed by atoms with E-state index < -0.39 is 5.60 Å². The summed E-state index contributed by atoms with van der Waals surface area (Å²) in [7, 11) is 0. The van der Waals surface area contributed by atoms with Gasteiger partial charge in [0.15, 0.2) is 0 Å². The van der Waals surface area contributed by atoms with Gasteiger partial charge in [0.05, 0.1) is 32.0 Å². The van der Waals surface area contributed by atoms with E-state index in [9.17, 15) is 9.90 Å². The number of carbonyl (C=O) groups is 1. The molecule has 0 bridgehead atoms. The van der Waals surface area contributed by atoms with Crippen molar-refractivity contribution in [1.29, 1.82) is 0 Å². The standard InChI is InChI=1S/C17H25N3O4/c1-2-24-15-14(4-3-6-18-15)16(21)20-7-5-17(22,13-20)12-19-8-10-23-11-9-19/h3-4,6,22H,2,5,7-13H2,1H3/t17-/m0/s1. The molecule has 0 unspecified atom stereocenters. The summed E-state index contributed by atoms with van der Waals surface area (Å²) >= 11 is 0. The number of amides is 1. The Hall–Kier alpha value is -1.70. The summed E-state index contributed by atoms with van der Waals surface area (Å²) < 4.78 is 10.8. The Morgan fingerprint density at radius 1 is 1.42 bits per heavy atom. The number of ether oxygens (including phenoxy) is 2. The Morgan fingerprint density at radius 3 is 2.96 bits per heavy atom. The van der Waals surface area contributed by atoms with Crippen LogP contribution in [-0.4, -0.2) is 83.9 Å². The summed E-state index contributed by atoms with van der Waals surface area (Å²) in [5.74, 6) is 0.220. The lowest BCUT2D eigenvalue weighted by Gasteiger charge is -2.33. The van der Waals surface area contributed by atoms with E-state index in [4.69, 9.17) is 9.47 Å². The Bertz CT molecular complexity index is 577. The van der Waals surface area contributed by atoms with Gasteiger partial charge in [-0.3, -0.25) is 9.69 Å². The molecule has 3 heterocycles. The Labute approximate surface area is 142 Å². The molecule has 2 aliphatic heterocycles. The van der Waals surface area contributed by atoms with Gasteiger partial charge in [0.25, 0.3) is 5.91 Å². The fraction of sp³-hybridized carbons (Fsp3) is 0.647. The number of hydrogen-bond acceptors (Lipinski definition) is 6. The molecule has 2 saturated heterocycles. The number of β-amino-alcohol motifs (C(OH)–C–C–N with tert-alkyl or cyclic N) is 1. The van der Waals surface area contributed by atoms with Crippen LogP contribution < -0.4 is 4.74 Å². The van der Waals surface area contributed by atoms with Crippen LogP contribution in [0.15, 0.2) is 18.3 Å². The number of aromatic nitrogens is 1. The van der Waals surface area contributed by atoms with Gasteiger partial charge in [-0.1, -0.05) is 0 Å². The van der Waals surface area contributed by atoms with Crippen molar-refractivity contribution < 1.29 is 19.4 Å². The fourth-order valence-corrected chi connectivity index (χ4v) is 3.31. The first-order valence-electron chi connectivity index (χ1n) is 8.51. The molecule has 3 rings (SSSR count). The second-order valence-electron chi connectivity index (χ2n) is 6.38. The predicted molar refractivity (Wildman–Crippen MR) is 88.1 cm³/mol. The van der Waals surface area contributed by atoms with Gasteiger partial charge in [-0.15, -0.1) is 0 Å². The number of rotatable bonds is 5. The first-order chi connectivity index (χ1) is 11.6. The van der Waals surface area contributed by atoms with E-state index in [2.05, 4.69) is 9.88 Å². The lowest BCUT2D eigenvalue weighted by Crippen LogP contribution is -2.49. The summed E-state index contributed by atoms with van der Waals surface area (Å²) in [6, 6.07) is 3.45. The van der Waals surface area contributed by atoms with E-state index in [1.165, 1.54) is 0 Å². The Kier molecular flexibility index (Phi) is 5.33. The Morgan fingerprint density at radius 2 is 2.21 bits per heavy atom. The average molecular weight is 335 g/mol. The lowest BCUT2D eigenvalue weighted by molar-refractivity contribution is -0.0257. The molecule has 0 spiro atoms. The minimum absolute atomic E-state index is 0.135. The van der Waals surface area contributed by atoms with Gasteiger partial charge >= 0.3 is 0 Å². The molecule has 1 atom stereocenters. The minimum Gasteiger partial charge on any atom is -0.477 e. The third-order valence-corrected chi connectivity index (χ3v) is 4.52. The van der Waals surface area contributed by atoms with Crippen LogP contribution in [-0.2, 0) is 4.74 Å². The number of aliphatic hydroxyl groups is 1. The molecule has 1 aromatic rings. The first kappa shape index (κ1) is 17.1. The molecule has 7 heteroatoms. The molecule has 0 saturated carbocycles. The van der Waals surface area contributed by atoms with Crippen molar-refractivity contribution in [1.82, 2.24) is 14.8 Å². The average Bonchev–Trinajstić information content (AvgIpc) is 2.98. The maximum Gasteiger partial charge on any atom is 0.259 e. The Balaban J connectivity index is 1.65. The van der Waals surface area contributed by atoms with E-state index in [0.29, 0.717) is 57.3 Å². The zero-order valence-corrected chi connectivity index (χ0v) is 14.1. The SMILES string of the molecule is CCOc1ncccc1C(=O)N1CC[C@](O)(CN2CCOCC2)C1. The molecule has 7 nitrogen and oxygen atoms in total. The minimum atomic E-state index is -0.860. The highest BCUT2D eigenvalue weighted by molar-refractivity contribution is 5.96. The van der Waals surface area contributed by atoms with Gasteiger partial charge in [-0.2, -0.15) is 0 Å². The van der Waals surface area contributed by atoms with Crippen molar-refractivity contribution >= 4 is 5.91 Å². The molecule has 2 fully saturated rings. The zero-order valence-electron chi connectivity index (χ0n) is 14.1. The maximum absolute atomic E-state index is 12.8. The molecule has 132 valence electrons. The highest BCUT2D eigenvalue weighted by Crippen LogP contribution is 2.26. The molecule has 1 amide bonds. The van der Waals surface area contributed by atoms with Gasteiger partial charge in [0.1, 0.15) is 5.56 Å². The quantitative estimate of drug-likeness (QED) is 0.839. The molecule has 1 aromatic heterocycles. The van der Waals surface area contributed by atoms with Crippen molar-refractivity contribution in [3.05, 3.63) is 23.9 Å². The number of pyridine rings is 1. The fourth-order valence-electron chi connectivity index (χ4n) is 3.31. The third kappa shape index (κ3) is 3.85. The largest absolute Gasteiger partial charge is 0.477 e. The number of carbonyl (C=O) groups excluding carboxylic acids is 1. The van der Waals surface area contributed by atoms with Crippen LogP contribution in [0.1, 0.15) is 23.7 Å². The van der Waals surface area contributed by atoms with Crippen LogP contribution in [0.25, 0.3) is 0 Å². The second kappa shape index (κ2) is 7.46. The summed E-state index contributed by atoms with van der Waals surface area (Å²) in [5, 5.41) is 10.9. The summed E-state index contributed by atoms with van der Waals surface area (Å²) in [4.78, 5) is 20.8. The summed E-state index contributed by atoms with van der Waals surface area (Å²) in [5.41, 5.74) is -0.406. The van der Waals surface area contributed by atoms with Crippen LogP contribution in [0, 0.1) is 0 Å². The van der Waals surface area contributed by atoms with E-state index in [1.54, 1.807) is 23.2 Å². The number of nitrogens with zero attached hydrogens (tertiary/aromatic N) is 3. The number of hydrogen-bond donors (Lipinski definition) is 1. The topological polar surface area (TPSA) is 75.1 Å². The molecule has 1 N–H and O–H groups in total. The summed E-state index contributed by atoms with van der Waals surface area (Å²) in [6.45, 7) is 6.83. The van der Waals surface area contributed by atoms with Gasteiger partial charge in [-0.05, 0) is 25.5 Å². The van der Waals surface area contributed by atoms with Gasteiger partial charge in [0, 0.05) is 32.4 Å². The maximum atomic E-state index is 12.8. The van der Waals surface area contributed by atoms with Crippen molar-refractivity contribution in [3.8, 4) is 5.88 Å². The van der Waals surface area contributed by atoms with E-state index in [1.807, 2.05) is 6.92 Å². The van der Waals surface area contributed by atoms with Gasteiger partial charge in [-0.25, -0.2) is 4.98 Å². The first-order valence-corrected chi connectivity index (χ1v) is 8.51. The van der Waals surface area contributed by atoms with Crippen LogP contribution in [0.2, 0.25) is 0 Å². The molecular formula is C17H25N3O4. The predicted octanol–water partition coefficient (Wildman–Crippen LogP) is 0.389. The third-order valence-electron chi connectivity index (χ3n) is 4.52. The van der Waals surface area contributed by atoms with Gasteiger partial charge < -0.3 is 19.5 Å². The molecular weight excluding hydrogens is 310 g/mol. The van der Waals surface area contributed by atoms with E-state index in [0.717, 1.165) is 13.1 Å². The van der Waals surface area contributed by atoms with Crippen LogP contribution >= 0.6 is 0 Å². The smallest absolute Gasteiger partial charge is 0.259 e.